The zero-order valence-corrected chi connectivity index (χ0v) is 19.3. The molecule has 2 N–H and O–H groups in total. The lowest BCUT2D eigenvalue weighted by atomic mass is 9.94. The first-order chi connectivity index (χ1) is 15.0. The number of fused-ring (bicyclic) bond motifs is 1. The molecule has 2 aromatic rings. The summed E-state index contributed by atoms with van der Waals surface area (Å²) in [5, 5.41) is 10.4. The van der Waals surface area contributed by atoms with E-state index in [2.05, 4.69) is 20.7 Å². The molecule has 32 heavy (non-hydrogen) atoms. The summed E-state index contributed by atoms with van der Waals surface area (Å²) in [5.74, 6) is 0.932. The third-order valence-corrected chi connectivity index (χ3v) is 5.92. The van der Waals surface area contributed by atoms with Gasteiger partial charge in [-0.05, 0) is 45.2 Å². The van der Waals surface area contributed by atoms with Crippen LogP contribution >= 0.6 is 0 Å². The number of methoxy groups -OCH3 is 1. The summed E-state index contributed by atoms with van der Waals surface area (Å²) in [6.07, 6.45) is 1.12. The van der Waals surface area contributed by atoms with Crippen molar-refractivity contribution in [1.82, 2.24) is 14.4 Å². The fraction of sp³-hybridized carbons (Fsp3) is 0.476. The zero-order valence-electron chi connectivity index (χ0n) is 18.5. The number of anilines is 1. The molecule has 0 spiro atoms. The molecule has 0 atom stereocenters. The van der Waals surface area contributed by atoms with Gasteiger partial charge in [-0.25, -0.2) is 9.52 Å². The van der Waals surface area contributed by atoms with E-state index in [1.165, 1.54) is 0 Å². The maximum absolute atomic E-state index is 12.0. The summed E-state index contributed by atoms with van der Waals surface area (Å²) in [6.45, 7) is 6.48. The summed E-state index contributed by atoms with van der Waals surface area (Å²) in [5.41, 5.74) is 1.26. The predicted molar refractivity (Wildman–Crippen MR) is 120 cm³/mol. The van der Waals surface area contributed by atoms with Gasteiger partial charge in [-0.1, -0.05) is 0 Å². The van der Waals surface area contributed by atoms with Crippen molar-refractivity contribution >= 4 is 32.9 Å². The van der Waals surface area contributed by atoms with E-state index in [0.717, 1.165) is 16.6 Å². The monoisotopic (exact) mass is 461 g/mol. The van der Waals surface area contributed by atoms with Gasteiger partial charge in [-0.15, -0.1) is 0 Å². The minimum atomic E-state index is -4.00. The van der Waals surface area contributed by atoms with Crippen LogP contribution in [0.5, 0.6) is 5.75 Å². The molecule has 0 saturated carbocycles. The van der Waals surface area contributed by atoms with Crippen LogP contribution in [0.3, 0.4) is 0 Å². The highest BCUT2D eigenvalue weighted by molar-refractivity contribution is 7.88. The Morgan fingerprint density at radius 2 is 2.06 bits per heavy atom. The van der Waals surface area contributed by atoms with Crippen molar-refractivity contribution in [2.24, 2.45) is 5.92 Å². The Morgan fingerprint density at radius 1 is 1.34 bits per heavy atom. The number of carbonyl (C=O) groups is 1. The number of pyridine rings is 1. The number of rotatable bonds is 7. The van der Waals surface area contributed by atoms with Gasteiger partial charge in [0, 0.05) is 37.3 Å². The average molecular weight is 462 g/mol. The van der Waals surface area contributed by atoms with Crippen LogP contribution in [-0.4, -0.2) is 51.8 Å². The van der Waals surface area contributed by atoms with Crippen molar-refractivity contribution in [2.75, 3.05) is 31.6 Å². The number of hydrogen-bond donors (Lipinski definition) is 2. The third-order valence-electron chi connectivity index (χ3n) is 4.90. The van der Waals surface area contributed by atoms with Crippen LogP contribution in [0, 0.1) is 17.2 Å². The summed E-state index contributed by atoms with van der Waals surface area (Å²) in [7, 11) is -2.41. The summed E-state index contributed by atoms with van der Waals surface area (Å²) >= 11 is 0. The van der Waals surface area contributed by atoms with E-state index in [4.69, 9.17) is 9.47 Å². The standard InChI is InChI=1S/C21H27N5O5S/c1-21(2,3)31-20(27)25-32(28,29)24-8-7-14-12-26(13-14)19-15(10-22)11-23-18-9-16(30-4)5-6-17(18)19/h5-6,9,11,14,24H,7-8,12-13H2,1-4H3,(H,25,27). The number of nitrogens with zero attached hydrogens (tertiary/aromatic N) is 3. The van der Waals surface area contributed by atoms with Gasteiger partial charge in [0.2, 0.25) is 0 Å². The van der Waals surface area contributed by atoms with E-state index in [1.54, 1.807) is 34.1 Å². The molecule has 0 aliphatic carbocycles. The quantitative estimate of drug-likeness (QED) is 0.642. The number of amides is 1. The second-order valence-corrected chi connectivity index (χ2v) is 10.1. The van der Waals surface area contributed by atoms with Crippen molar-refractivity contribution in [2.45, 2.75) is 32.8 Å². The predicted octanol–water partition coefficient (Wildman–Crippen LogP) is 2.30. The van der Waals surface area contributed by atoms with Gasteiger partial charge in [-0.2, -0.15) is 18.4 Å². The topological polar surface area (TPSA) is 134 Å². The van der Waals surface area contributed by atoms with Crippen LogP contribution in [0.15, 0.2) is 24.4 Å². The van der Waals surface area contributed by atoms with Crippen molar-refractivity contribution in [3.63, 3.8) is 0 Å². The number of hydrogen-bond acceptors (Lipinski definition) is 8. The first-order valence-corrected chi connectivity index (χ1v) is 11.6. The number of nitriles is 1. The number of carbonyl (C=O) groups excluding carboxylic acids is 1. The molecule has 0 bridgehead atoms. The summed E-state index contributed by atoms with van der Waals surface area (Å²) < 4.78 is 38.4. The zero-order chi connectivity index (χ0) is 23.5. The first kappa shape index (κ1) is 23.6. The first-order valence-electron chi connectivity index (χ1n) is 10.1. The Hall–Kier alpha value is -3.10. The van der Waals surface area contributed by atoms with Crippen molar-refractivity contribution in [1.29, 1.82) is 5.26 Å². The highest BCUT2D eigenvalue weighted by Crippen LogP contribution is 2.35. The van der Waals surface area contributed by atoms with Crippen molar-refractivity contribution in [3.8, 4) is 11.8 Å². The number of nitrogens with one attached hydrogen (secondary N) is 2. The van der Waals surface area contributed by atoms with Crippen LogP contribution in [0.4, 0.5) is 10.5 Å². The lowest BCUT2D eigenvalue weighted by Crippen LogP contribution is -2.49. The molecule has 1 aliphatic rings. The van der Waals surface area contributed by atoms with Crippen LogP contribution in [-0.2, 0) is 14.9 Å². The molecular weight excluding hydrogens is 434 g/mol. The minimum absolute atomic E-state index is 0.177. The largest absolute Gasteiger partial charge is 0.497 e. The highest BCUT2D eigenvalue weighted by atomic mass is 32.2. The Kier molecular flexibility index (Phi) is 6.76. The molecule has 172 valence electrons. The summed E-state index contributed by atoms with van der Waals surface area (Å²) in [4.78, 5) is 18.1. The number of aromatic nitrogens is 1. The smallest absolute Gasteiger partial charge is 0.422 e. The van der Waals surface area contributed by atoms with Crippen LogP contribution in [0.2, 0.25) is 0 Å². The number of ether oxygens (including phenoxy) is 2. The molecule has 10 nitrogen and oxygen atoms in total. The van der Waals surface area contributed by atoms with Gasteiger partial charge < -0.3 is 14.4 Å². The van der Waals surface area contributed by atoms with Gasteiger partial charge in [0.15, 0.2) is 0 Å². The van der Waals surface area contributed by atoms with Gasteiger partial charge in [-0.3, -0.25) is 4.98 Å². The van der Waals surface area contributed by atoms with E-state index in [-0.39, 0.29) is 12.5 Å². The molecule has 0 unspecified atom stereocenters. The van der Waals surface area contributed by atoms with Gasteiger partial charge in [0.1, 0.15) is 17.4 Å². The van der Waals surface area contributed by atoms with E-state index < -0.39 is 21.9 Å². The fourth-order valence-electron chi connectivity index (χ4n) is 3.49. The molecule has 1 aromatic heterocycles. The molecule has 11 heteroatoms. The lowest BCUT2D eigenvalue weighted by Gasteiger charge is -2.42. The molecule has 2 heterocycles. The minimum Gasteiger partial charge on any atom is -0.497 e. The van der Waals surface area contributed by atoms with E-state index in [1.807, 2.05) is 22.9 Å². The van der Waals surface area contributed by atoms with Gasteiger partial charge >= 0.3 is 16.3 Å². The number of benzene rings is 1. The van der Waals surface area contributed by atoms with Crippen molar-refractivity contribution in [3.05, 3.63) is 30.0 Å². The van der Waals surface area contributed by atoms with Gasteiger partial charge in [0.05, 0.1) is 23.9 Å². The molecule has 3 rings (SSSR count). The van der Waals surface area contributed by atoms with E-state index in [9.17, 15) is 18.5 Å². The SMILES string of the molecule is COc1ccc2c(N3CC(CCNS(=O)(=O)NC(=O)OC(C)(C)C)C3)c(C#N)cnc2c1. The Morgan fingerprint density at radius 3 is 2.69 bits per heavy atom. The maximum atomic E-state index is 12.0. The maximum Gasteiger partial charge on any atom is 0.422 e. The highest BCUT2D eigenvalue weighted by Gasteiger charge is 2.30. The lowest BCUT2D eigenvalue weighted by molar-refractivity contribution is 0.0569. The molecular formula is C21H27N5O5S. The average Bonchev–Trinajstić information content (AvgIpc) is 2.66. The van der Waals surface area contributed by atoms with Crippen LogP contribution in [0.1, 0.15) is 32.8 Å². The van der Waals surface area contributed by atoms with Crippen LogP contribution < -0.4 is 19.1 Å². The molecule has 1 aliphatic heterocycles. The van der Waals surface area contributed by atoms with Crippen LogP contribution in [0.25, 0.3) is 10.9 Å². The molecule has 1 aromatic carbocycles. The normalized spacial score (nSPS) is 14.5. The Bertz CT molecular complexity index is 1150. The molecule has 1 amide bonds. The van der Waals surface area contributed by atoms with E-state index in [0.29, 0.717) is 30.8 Å². The van der Waals surface area contributed by atoms with Gasteiger partial charge in [0.25, 0.3) is 0 Å². The van der Waals surface area contributed by atoms with Crippen molar-refractivity contribution < 1.29 is 22.7 Å². The second kappa shape index (κ2) is 9.18. The Balaban J connectivity index is 1.56. The third kappa shape index (κ3) is 5.77. The fourth-order valence-corrected chi connectivity index (χ4v) is 4.21. The second-order valence-electron chi connectivity index (χ2n) is 8.58. The Labute approximate surface area is 187 Å². The molecule has 0 radical (unpaired) electrons. The van der Waals surface area contributed by atoms with E-state index >= 15 is 0 Å². The molecule has 1 fully saturated rings. The molecule has 1 saturated heterocycles. The summed E-state index contributed by atoms with van der Waals surface area (Å²) in [6, 6.07) is 7.74.